The number of urea groups is 1. The zero-order valence-corrected chi connectivity index (χ0v) is 23.9. The summed E-state index contributed by atoms with van der Waals surface area (Å²) in [6, 6.07) is 7.64. The quantitative estimate of drug-likeness (QED) is 0.397. The molecule has 3 heterocycles. The van der Waals surface area contributed by atoms with E-state index in [4.69, 9.17) is 14.7 Å². The van der Waals surface area contributed by atoms with Gasteiger partial charge in [-0.25, -0.2) is 36.9 Å². The molecular formula is C26H30F2N6O4S2. The van der Waals surface area contributed by atoms with E-state index in [0.717, 1.165) is 4.88 Å². The molecule has 2 fully saturated rings. The molecule has 0 bridgehead atoms. The van der Waals surface area contributed by atoms with Crippen molar-refractivity contribution in [2.75, 3.05) is 36.5 Å². The Balaban J connectivity index is 1.51. The first-order chi connectivity index (χ1) is 19.0. The lowest BCUT2D eigenvalue weighted by Crippen LogP contribution is -2.44. The number of amides is 2. The van der Waals surface area contributed by atoms with Gasteiger partial charge in [-0.05, 0) is 57.9 Å². The number of hydrogen-bond acceptors (Lipinski definition) is 9. The topological polar surface area (TPSA) is 126 Å². The second-order valence-electron chi connectivity index (χ2n) is 9.97. The van der Waals surface area contributed by atoms with Crippen LogP contribution in [0.15, 0.2) is 34.7 Å². The van der Waals surface area contributed by atoms with E-state index in [0.29, 0.717) is 66.9 Å². The first kappa shape index (κ1) is 28.3. The lowest BCUT2D eigenvalue weighted by Gasteiger charge is -2.34. The van der Waals surface area contributed by atoms with Crippen LogP contribution in [0.2, 0.25) is 0 Å². The molecule has 14 heteroatoms. The number of ether oxygens (including phenoxy) is 1. The molecule has 5 rings (SSSR count). The molecule has 2 aliphatic rings. The molecule has 1 aliphatic carbocycles. The van der Waals surface area contributed by atoms with E-state index in [2.05, 4.69) is 20.5 Å². The largest absolute Gasteiger partial charge is 0.377 e. The molecule has 0 spiro atoms. The number of nitrogens with one attached hydrogen (secondary N) is 2. The van der Waals surface area contributed by atoms with Gasteiger partial charge in [-0.1, -0.05) is 0 Å². The lowest BCUT2D eigenvalue weighted by atomic mass is 10.1. The van der Waals surface area contributed by atoms with Crippen molar-refractivity contribution in [3.63, 3.8) is 0 Å². The van der Waals surface area contributed by atoms with E-state index >= 15 is 0 Å². The molecule has 214 valence electrons. The Hall–Kier alpha value is -3.23. The van der Waals surface area contributed by atoms with Crippen molar-refractivity contribution in [3.8, 4) is 11.4 Å². The monoisotopic (exact) mass is 592 g/mol. The van der Waals surface area contributed by atoms with Gasteiger partial charge in [0.05, 0.1) is 37.2 Å². The number of hydrogen-bond donors (Lipinski definition) is 2. The van der Waals surface area contributed by atoms with E-state index in [1.165, 1.54) is 11.3 Å². The molecule has 3 aromatic rings. The van der Waals surface area contributed by atoms with E-state index < -0.39 is 33.6 Å². The second-order valence-corrected chi connectivity index (χ2v) is 13.6. The van der Waals surface area contributed by atoms with Crippen molar-refractivity contribution in [1.29, 1.82) is 0 Å². The molecule has 40 heavy (non-hydrogen) atoms. The Labute approximate surface area is 235 Å². The minimum atomic E-state index is -3.81. The minimum absolute atomic E-state index is 0.0266. The molecule has 1 saturated carbocycles. The fourth-order valence-electron chi connectivity index (χ4n) is 4.56. The highest BCUT2D eigenvalue weighted by atomic mass is 32.2. The van der Waals surface area contributed by atoms with Crippen LogP contribution in [0.1, 0.15) is 36.0 Å². The van der Waals surface area contributed by atoms with Gasteiger partial charge in [0.15, 0.2) is 5.82 Å². The summed E-state index contributed by atoms with van der Waals surface area (Å²) in [6.45, 7) is 6.55. The maximum atomic E-state index is 13.9. The van der Waals surface area contributed by atoms with Crippen LogP contribution in [0, 0.1) is 13.8 Å². The van der Waals surface area contributed by atoms with Crippen LogP contribution in [0.5, 0.6) is 0 Å². The first-order valence-electron chi connectivity index (χ1n) is 12.9. The average Bonchev–Trinajstić information content (AvgIpc) is 3.68. The number of carbonyl (C=O) groups excluding carboxylic acids is 1. The third-order valence-electron chi connectivity index (χ3n) is 7.12. The van der Waals surface area contributed by atoms with Gasteiger partial charge in [-0.15, -0.1) is 11.3 Å². The number of halogens is 2. The highest BCUT2D eigenvalue weighted by molar-refractivity contribution is 7.94. The van der Waals surface area contributed by atoms with Gasteiger partial charge in [0.25, 0.3) is 6.43 Å². The van der Waals surface area contributed by atoms with Gasteiger partial charge in [-0.2, -0.15) is 0 Å². The van der Waals surface area contributed by atoms with Crippen molar-refractivity contribution in [2.24, 2.45) is 0 Å². The summed E-state index contributed by atoms with van der Waals surface area (Å²) in [4.78, 5) is 28.7. The Bertz CT molecular complexity index is 1490. The number of alkyl halides is 2. The standard InChI is InChI=1S/C26H30F2N6O4S2/c1-15-14-38-11-10-34(15)22-12-20(26(8-9-26)40(36,37)25-30-16(2)17(3)39-25)32-23(33-22)18-4-6-19(7-5-18)31-24(35)29-13-21(27)28/h4-7,12,15,21H,8-11,13-14H2,1-3H3,(H2,29,31,35)/t15-/m0/s1. The van der Waals surface area contributed by atoms with Crippen LogP contribution in [0.4, 0.5) is 25.1 Å². The van der Waals surface area contributed by atoms with Crippen LogP contribution in [0.3, 0.4) is 0 Å². The third-order valence-corrected chi connectivity index (χ3v) is 11.1. The van der Waals surface area contributed by atoms with Gasteiger partial charge in [0.1, 0.15) is 10.6 Å². The molecule has 0 radical (unpaired) electrons. The predicted octanol–water partition coefficient (Wildman–Crippen LogP) is 4.29. The molecule has 0 unspecified atom stereocenters. The summed E-state index contributed by atoms with van der Waals surface area (Å²) < 4.78 is 57.0. The Kier molecular flexibility index (Phi) is 7.77. The first-order valence-corrected chi connectivity index (χ1v) is 15.2. The van der Waals surface area contributed by atoms with Gasteiger partial charge >= 0.3 is 6.03 Å². The van der Waals surface area contributed by atoms with Crippen LogP contribution in [-0.4, -0.2) is 68.2 Å². The smallest absolute Gasteiger partial charge is 0.319 e. The summed E-state index contributed by atoms with van der Waals surface area (Å²) >= 11 is 1.18. The molecule has 2 N–H and O–H groups in total. The molecule has 1 atom stereocenters. The number of morpholine rings is 1. The number of aryl methyl sites for hydroxylation is 2. The molecule has 10 nitrogen and oxygen atoms in total. The Morgan fingerprint density at radius 3 is 2.52 bits per heavy atom. The lowest BCUT2D eigenvalue weighted by molar-refractivity contribution is 0.0985. The van der Waals surface area contributed by atoms with Crippen LogP contribution < -0.4 is 15.5 Å². The van der Waals surface area contributed by atoms with Crippen molar-refractivity contribution in [3.05, 3.63) is 46.6 Å². The molecule has 1 aromatic carbocycles. The van der Waals surface area contributed by atoms with Crippen LogP contribution in [-0.2, 0) is 19.3 Å². The molecule has 2 amide bonds. The number of aromatic nitrogens is 3. The summed E-state index contributed by atoms with van der Waals surface area (Å²) in [6.07, 6.45) is -1.79. The predicted molar refractivity (Wildman–Crippen MR) is 148 cm³/mol. The van der Waals surface area contributed by atoms with Gasteiger partial charge in [0.2, 0.25) is 14.2 Å². The number of benzene rings is 1. The van der Waals surface area contributed by atoms with Gasteiger partial charge in [0, 0.05) is 28.7 Å². The fourth-order valence-corrected chi connectivity index (χ4v) is 8.10. The second kappa shape index (κ2) is 11.0. The highest BCUT2D eigenvalue weighted by Gasteiger charge is 2.59. The zero-order valence-electron chi connectivity index (χ0n) is 22.3. The van der Waals surface area contributed by atoms with Crippen molar-refractivity contribution in [1.82, 2.24) is 20.3 Å². The summed E-state index contributed by atoms with van der Waals surface area (Å²) in [5.41, 5.74) is 2.12. The van der Waals surface area contributed by atoms with Crippen molar-refractivity contribution < 1.29 is 26.7 Å². The average molecular weight is 593 g/mol. The maximum Gasteiger partial charge on any atom is 0.319 e. The Morgan fingerprint density at radius 2 is 1.93 bits per heavy atom. The van der Waals surface area contributed by atoms with Crippen LogP contribution >= 0.6 is 11.3 Å². The van der Waals surface area contributed by atoms with E-state index in [9.17, 15) is 22.0 Å². The third kappa shape index (κ3) is 5.52. The summed E-state index contributed by atoms with van der Waals surface area (Å²) in [5.74, 6) is 0.949. The minimum Gasteiger partial charge on any atom is -0.377 e. The maximum absolute atomic E-state index is 13.9. The number of thiazole rings is 1. The van der Waals surface area contributed by atoms with Crippen molar-refractivity contribution >= 4 is 38.7 Å². The SMILES string of the molecule is Cc1nc(S(=O)(=O)C2(c3cc(N4CCOC[C@@H]4C)nc(-c4ccc(NC(=O)NCC(F)F)cc4)n3)CC2)sc1C. The van der Waals surface area contributed by atoms with Crippen molar-refractivity contribution in [2.45, 2.75) is 55.2 Å². The molecule has 2 aromatic heterocycles. The molecule has 1 saturated heterocycles. The highest BCUT2D eigenvalue weighted by Crippen LogP contribution is 2.55. The fraction of sp³-hybridized carbons (Fsp3) is 0.462. The summed E-state index contributed by atoms with van der Waals surface area (Å²) in [5, 5.41) is 4.59. The summed E-state index contributed by atoms with van der Waals surface area (Å²) in [7, 11) is -3.81. The number of nitrogens with zero attached hydrogens (tertiary/aromatic N) is 4. The van der Waals surface area contributed by atoms with E-state index in [1.54, 1.807) is 37.3 Å². The van der Waals surface area contributed by atoms with Gasteiger partial charge in [-0.3, -0.25) is 0 Å². The number of rotatable bonds is 8. The molecule has 1 aliphatic heterocycles. The normalized spacial score (nSPS) is 18.6. The zero-order chi connectivity index (χ0) is 28.7. The van der Waals surface area contributed by atoms with Gasteiger partial charge < -0.3 is 20.3 Å². The van der Waals surface area contributed by atoms with Crippen LogP contribution in [0.25, 0.3) is 11.4 Å². The molecular weight excluding hydrogens is 562 g/mol. The number of sulfone groups is 1. The van der Waals surface area contributed by atoms with E-state index in [1.807, 2.05) is 13.8 Å². The van der Waals surface area contributed by atoms with E-state index in [-0.39, 0.29) is 10.4 Å². The Morgan fingerprint density at radius 1 is 1.20 bits per heavy atom. The number of anilines is 2. The number of carbonyl (C=O) groups is 1.